The molecule has 12 heteroatoms. The van der Waals surface area contributed by atoms with Crippen LogP contribution in [0.25, 0.3) is 0 Å². The largest absolute Gasteiger partial charge is 0.438 e. The normalized spacial score (nSPS) is 54.2. The molecule has 14 bridgehead atoms. The molecule has 0 radical (unpaired) electrons. The zero-order valence-corrected chi connectivity index (χ0v) is 58.6. The lowest BCUT2D eigenvalue weighted by molar-refractivity contribution is -0.196. The van der Waals surface area contributed by atoms with Gasteiger partial charge in [0, 0.05) is 0 Å². The van der Waals surface area contributed by atoms with Crippen LogP contribution in [0.1, 0.15) is 242 Å². The number of carbonyl (C=O) groups excluding carboxylic acids is 3. The molecule has 12 nitrogen and oxygen atoms in total. The van der Waals surface area contributed by atoms with Gasteiger partial charge in [0.15, 0.2) is 20.4 Å². The van der Waals surface area contributed by atoms with Gasteiger partial charge in [-0.25, -0.2) is 0 Å². The predicted octanol–water partition coefficient (Wildman–Crippen LogP) is 16.2. The molecule has 0 spiro atoms. The number of fused-ring (bicyclic) bond motifs is 31. The maximum atomic E-state index is 13.2. The summed E-state index contributed by atoms with van der Waals surface area (Å²) in [5, 5.41) is 0. The lowest BCUT2D eigenvalue weighted by atomic mass is 9.65. The van der Waals surface area contributed by atoms with Crippen LogP contribution in [-0.2, 0) is 57.0 Å². The van der Waals surface area contributed by atoms with Crippen molar-refractivity contribution < 1.29 is 57.0 Å². The van der Waals surface area contributed by atoms with Crippen molar-refractivity contribution in [3.8, 4) is 0 Å². The third-order valence-electron chi connectivity index (χ3n) is 33.1. The molecule has 3 heterocycles. The Labute approximate surface area is 554 Å². The van der Waals surface area contributed by atoms with Gasteiger partial charge in [-0.05, 0) is 314 Å². The number of hydrogen-bond acceptors (Lipinski definition) is 12. The summed E-state index contributed by atoms with van der Waals surface area (Å²) in [4.78, 5) is 39.2. The molecule has 0 aromatic carbocycles. The maximum absolute atomic E-state index is 13.2. The number of ether oxygens (including phenoxy) is 9. The Balaban J connectivity index is 0.000000110. The molecule has 18 rings (SSSR count). The van der Waals surface area contributed by atoms with E-state index in [0.717, 1.165) is 136 Å². The van der Waals surface area contributed by atoms with E-state index in [2.05, 4.69) is 62.3 Å². The molecule has 15 saturated carbocycles. The Morgan fingerprint density at radius 2 is 0.826 bits per heavy atom. The summed E-state index contributed by atoms with van der Waals surface area (Å²) in [5.74, 6) is 17.9. The van der Waals surface area contributed by atoms with E-state index < -0.39 is 0 Å². The highest BCUT2D eigenvalue weighted by molar-refractivity contribution is 5.74. The molecule has 0 aromatic heterocycles. The highest BCUT2D eigenvalue weighted by Gasteiger charge is 2.69. The van der Waals surface area contributed by atoms with Gasteiger partial charge >= 0.3 is 17.9 Å². The molecule has 0 aromatic rings. The van der Waals surface area contributed by atoms with Crippen LogP contribution in [0.5, 0.6) is 0 Å². The van der Waals surface area contributed by atoms with Crippen LogP contribution in [-0.4, -0.2) is 92.7 Å². The van der Waals surface area contributed by atoms with Crippen LogP contribution < -0.4 is 0 Å². The fraction of sp³-hybridized carbons (Fsp3) is 0.963. The molecule has 516 valence electrons. The standard InChI is InChI=1S/C29H44O4.C27H42O4.C24H38O4/c1-4-22-26-17-10-19(27(26)23(5-2)33-22)20(11-17)28(30)31-14-32-29(6-3)13-18-12-21(29)25-16-8-7-15(9-16)24(18)25;1-4-22-24-15-10-19(25(24)23(5-2)31-22)20(11-15)26(28)29-14-30-27(6-3)13-16-12-21(27)18-9-7-8-17(16)18;1-4-19-21-15-9-17(22(21)20(5-2)28-19)18(10-15)23(25)27-13-26-12-24(3)11-14-6-7-16(24)8-14/h15-27H,4-14H2,1-3H3;15-25H,4-14H2,1-3H3;14-22H,4-13H2,1-3H3. The SMILES string of the molecule is CCC1OC(CC)C2C3CC(CC3C(=O)OCOC3(CC)CC4CC3C3C5CCC(C5)C43)C12.CCC1OC(CC)C2C3CC(CC3C(=O)OCOC3(CC)CC4CC3C3CCCC43)C12.CCC1OC(CC)C2C3CC(CC3C(=O)OCOCC3(C)CC4CCC3C4)C12. The smallest absolute Gasteiger partial charge is 0.311 e. The summed E-state index contributed by atoms with van der Waals surface area (Å²) in [6, 6.07) is 0. The maximum Gasteiger partial charge on any atom is 0.311 e. The van der Waals surface area contributed by atoms with Gasteiger partial charge in [0.05, 0.1) is 72.2 Å². The average Bonchev–Trinajstić information content (AvgIpc) is 1.62. The third-order valence-corrected chi connectivity index (χ3v) is 33.1. The van der Waals surface area contributed by atoms with E-state index >= 15 is 0 Å². The van der Waals surface area contributed by atoms with Crippen molar-refractivity contribution in [1.82, 2.24) is 0 Å². The van der Waals surface area contributed by atoms with E-state index in [-0.39, 0.29) is 67.2 Å². The fourth-order valence-electron chi connectivity index (χ4n) is 30.1. The van der Waals surface area contributed by atoms with Crippen molar-refractivity contribution in [2.75, 3.05) is 27.0 Å². The zero-order valence-electron chi connectivity index (χ0n) is 58.6. The topological polar surface area (TPSA) is 134 Å². The minimum Gasteiger partial charge on any atom is -0.438 e. The highest BCUT2D eigenvalue weighted by Crippen LogP contribution is 2.72. The molecule has 15 aliphatic carbocycles. The lowest BCUT2D eigenvalue weighted by Gasteiger charge is -2.45. The molecular formula is C80H124O12. The van der Waals surface area contributed by atoms with Gasteiger partial charge in [-0.3, -0.25) is 14.4 Å². The summed E-state index contributed by atoms with van der Waals surface area (Å²) >= 11 is 0. The molecule has 0 N–H and O–H groups in total. The monoisotopic (exact) mass is 1280 g/mol. The lowest BCUT2D eigenvalue weighted by Crippen LogP contribution is -2.47. The van der Waals surface area contributed by atoms with E-state index in [0.29, 0.717) is 125 Å². The Morgan fingerprint density at radius 3 is 1.29 bits per heavy atom. The first kappa shape index (κ1) is 64.8. The number of rotatable bonds is 21. The van der Waals surface area contributed by atoms with E-state index in [1.165, 1.54) is 109 Å². The molecule has 92 heavy (non-hydrogen) atoms. The summed E-state index contributed by atoms with van der Waals surface area (Å²) in [7, 11) is 0. The van der Waals surface area contributed by atoms with Crippen molar-refractivity contribution in [2.45, 2.75) is 290 Å². The Bertz CT molecular complexity index is 2670. The van der Waals surface area contributed by atoms with Crippen molar-refractivity contribution in [1.29, 1.82) is 0 Å². The Morgan fingerprint density at radius 1 is 0.380 bits per heavy atom. The molecule has 36 atom stereocenters. The molecule has 3 saturated heterocycles. The van der Waals surface area contributed by atoms with Crippen LogP contribution >= 0.6 is 0 Å². The molecule has 18 aliphatic rings. The van der Waals surface area contributed by atoms with Crippen molar-refractivity contribution in [3.63, 3.8) is 0 Å². The van der Waals surface area contributed by atoms with Crippen molar-refractivity contribution >= 4 is 17.9 Å². The van der Waals surface area contributed by atoms with Gasteiger partial charge in [-0.2, -0.15) is 0 Å². The van der Waals surface area contributed by atoms with Crippen LogP contribution in [0, 0.1) is 165 Å². The first-order chi connectivity index (χ1) is 44.7. The minimum absolute atomic E-state index is 0.00824. The van der Waals surface area contributed by atoms with E-state index in [4.69, 9.17) is 42.6 Å². The fourth-order valence-corrected chi connectivity index (χ4v) is 30.1. The first-order valence-corrected chi connectivity index (χ1v) is 40.0. The quantitative estimate of drug-likeness (QED) is 0.0356. The second-order valence-corrected chi connectivity index (χ2v) is 35.9. The van der Waals surface area contributed by atoms with Gasteiger partial charge in [0.25, 0.3) is 0 Å². The predicted molar refractivity (Wildman–Crippen MR) is 349 cm³/mol. The zero-order chi connectivity index (χ0) is 63.3. The third kappa shape index (κ3) is 10.3. The molecule has 0 amide bonds. The van der Waals surface area contributed by atoms with Gasteiger partial charge in [0.2, 0.25) is 0 Å². The van der Waals surface area contributed by atoms with Crippen LogP contribution in [0.4, 0.5) is 0 Å². The highest BCUT2D eigenvalue weighted by atomic mass is 16.7. The van der Waals surface area contributed by atoms with E-state index in [9.17, 15) is 14.4 Å². The van der Waals surface area contributed by atoms with Crippen molar-refractivity contribution in [3.05, 3.63) is 0 Å². The van der Waals surface area contributed by atoms with Gasteiger partial charge < -0.3 is 42.6 Å². The summed E-state index contributed by atoms with van der Waals surface area (Å²) in [6.07, 6.45) is 36.8. The number of esters is 3. The first-order valence-electron chi connectivity index (χ1n) is 40.0. The Kier molecular flexibility index (Phi) is 17.9. The van der Waals surface area contributed by atoms with E-state index in [1.54, 1.807) is 0 Å². The summed E-state index contributed by atoms with van der Waals surface area (Å²) < 4.78 is 55.5. The summed E-state index contributed by atoms with van der Waals surface area (Å²) in [6.45, 7) is 21.6. The van der Waals surface area contributed by atoms with E-state index in [1.807, 2.05) is 0 Å². The average molecular weight is 1280 g/mol. The molecule has 36 unspecified atom stereocenters. The second-order valence-electron chi connectivity index (χ2n) is 35.9. The second kappa shape index (κ2) is 25.4. The van der Waals surface area contributed by atoms with Crippen LogP contribution in [0.15, 0.2) is 0 Å². The molecule has 18 fully saturated rings. The van der Waals surface area contributed by atoms with Crippen LogP contribution in [0.2, 0.25) is 0 Å². The van der Waals surface area contributed by atoms with Crippen LogP contribution in [0.3, 0.4) is 0 Å². The number of hydrogen-bond donors (Lipinski definition) is 0. The van der Waals surface area contributed by atoms with Crippen molar-refractivity contribution in [2.24, 2.45) is 165 Å². The molecule has 3 aliphatic heterocycles. The van der Waals surface area contributed by atoms with Gasteiger partial charge in [0.1, 0.15) is 0 Å². The summed E-state index contributed by atoms with van der Waals surface area (Å²) in [5.41, 5.74) is 0.244. The van der Waals surface area contributed by atoms with Gasteiger partial charge in [-0.1, -0.05) is 75.2 Å². The number of carbonyl (C=O) groups is 3. The Hall–Kier alpha value is -1.83. The van der Waals surface area contributed by atoms with Gasteiger partial charge in [-0.15, -0.1) is 0 Å². The molecular weight excluding hydrogens is 1150 g/mol. The minimum atomic E-state index is -0.0306.